The van der Waals surface area contributed by atoms with Gasteiger partial charge in [0.25, 0.3) is 5.91 Å². The summed E-state index contributed by atoms with van der Waals surface area (Å²) in [5, 5.41) is 3.15. The number of amides is 1. The van der Waals surface area contributed by atoms with Crippen molar-refractivity contribution in [1.82, 2.24) is 5.32 Å². The molecule has 1 aromatic carbocycles. The van der Waals surface area contributed by atoms with Gasteiger partial charge in [0.1, 0.15) is 0 Å². The molecule has 0 unspecified atom stereocenters. The highest BCUT2D eigenvalue weighted by molar-refractivity contribution is 6.32. The van der Waals surface area contributed by atoms with Crippen LogP contribution in [0.3, 0.4) is 0 Å². The average Bonchev–Trinajstić information content (AvgIpc) is 2.46. The van der Waals surface area contributed by atoms with Gasteiger partial charge in [0.15, 0.2) is 11.5 Å². The highest BCUT2D eigenvalue weighted by Crippen LogP contribution is 2.36. The van der Waals surface area contributed by atoms with Crippen molar-refractivity contribution in [2.75, 3.05) is 19.8 Å². The summed E-state index contributed by atoms with van der Waals surface area (Å²) in [5.41, 5.74) is 5.92. The maximum absolute atomic E-state index is 12.1. The van der Waals surface area contributed by atoms with Crippen LogP contribution in [0.2, 0.25) is 5.02 Å². The number of hydrogen-bond acceptors (Lipinski definition) is 4. The summed E-state index contributed by atoms with van der Waals surface area (Å²) < 4.78 is 11.1. The molecule has 0 saturated heterocycles. The molecule has 0 saturated carbocycles. The standard InChI is InChI=1S/C15H23ClN2O3.ClH/c1-4-6-21-14-12(16)7-11(8-13(14)20-5-2)15(19)18-10(3)9-17;/h7-8,10H,4-6,9,17H2,1-3H3,(H,18,19);1H/t10-;/m0./s1. The van der Waals surface area contributed by atoms with Crippen LogP contribution in [0.25, 0.3) is 0 Å². The van der Waals surface area contributed by atoms with Gasteiger partial charge >= 0.3 is 0 Å². The van der Waals surface area contributed by atoms with E-state index in [9.17, 15) is 4.79 Å². The molecule has 0 aromatic heterocycles. The summed E-state index contributed by atoms with van der Waals surface area (Å²) in [5.74, 6) is 0.714. The molecular formula is C15H24Cl2N2O3. The molecule has 0 heterocycles. The first kappa shape index (κ1) is 20.8. The number of rotatable bonds is 8. The molecular weight excluding hydrogens is 327 g/mol. The molecule has 5 nitrogen and oxygen atoms in total. The number of ether oxygens (including phenoxy) is 2. The van der Waals surface area contributed by atoms with E-state index in [0.717, 1.165) is 6.42 Å². The predicted molar refractivity (Wildman–Crippen MR) is 91.6 cm³/mol. The summed E-state index contributed by atoms with van der Waals surface area (Å²) in [6.45, 7) is 7.07. The van der Waals surface area contributed by atoms with Crippen LogP contribution >= 0.6 is 24.0 Å². The quantitative estimate of drug-likeness (QED) is 0.755. The van der Waals surface area contributed by atoms with Gasteiger partial charge in [-0.15, -0.1) is 12.4 Å². The SMILES string of the molecule is CCCOc1c(Cl)cc(C(=O)N[C@@H](C)CN)cc1OCC.Cl. The van der Waals surface area contributed by atoms with E-state index in [1.807, 2.05) is 20.8 Å². The number of halogens is 2. The van der Waals surface area contributed by atoms with Gasteiger partial charge in [-0.1, -0.05) is 18.5 Å². The Hall–Kier alpha value is -1.17. The fourth-order valence-electron chi connectivity index (χ4n) is 1.67. The first-order valence-corrected chi connectivity index (χ1v) is 7.51. The Morgan fingerprint density at radius 1 is 1.36 bits per heavy atom. The Kier molecular flexibility index (Phi) is 9.98. The fourth-order valence-corrected chi connectivity index (χ4v) is 1.94. The van der Waals surface area contributed by atoms with Crippen molar-refractivity contribution in [3.05, 3.63) is 22.7 Å². The van der Waals surface area contributed by atoms with Gasteiger partial charge in [-0.2, -0.15) is 0 Å². The number of hydrogen-bond donors (Lipinski definition) is 2. The summed E-state index contributed by atoms with van der Waals surface area (Å²) in [4.78, 5) is 12.1. The lowest BCUT2D eigenvalue weighted by molar-refractivity contribution is 0.0940. The summed E-state index contributed by atoms with van der Waals surface area (Å²) >= 11 is 6.21. The summed E-state index contributed by atoms with van der Waals surface area (Å²) in [6, 6.07) is 3.11. The molecule has 0 radical (unpaired) electrons. The maximum Gasteiger partial charge on any atom is 0.251 e. The Balaban J connectivity index is 0.00000441. The van der Waals surface area contributed by atoms with Crippen LogP contribution < -0.4 is 20.5 Å². The predicted octanol–water partition coefficient (Wildman–Crippen LogP) is 3.03. The largest absolute Gasteiger partial charge is 0.490 e. The van der Waals surface area contributed by atoms with Crippen molar-refractivity contribution in [3.8, 4) is 11.5 Å². The normalized spacial score (nSPS) is 11.3. The third-order valence-corrected chi connectivity index (χ3v) is 3.03. The smallest absolute Gasteiger partial charge is 0.251 e. The zero-order chi connectivity index (χ0) is 15.8. The lowest BCUT2D eigenvalue weighted by Gasteiger charge is -2.16. The van der Waals surface area contributed by atoms with E-state index in [0.29, 0.717) is 41.8 Å². The Labute approximate surface area is 142 Å². The minimum atomic E-state index is -0.238. The summed E-state index contributed by atoms with van der Waals surface area (Å²) in [7, 11) is 0. The monoisotopic (exact) mass is 350 g/mol. The van der Waals surface area contributed by atoms with Gasteiger partial charge in [0.05, 0.1) is 18.2 Å². The number of carbonyl (C=O) groups is 1. The molecule has 0 fully saturated rings. The molecule has 1 atom stereocenters. The molecule has 0 aliphatic heterocycles. The van der Waals surface area contributed by atoms with E-state index in [1.165, 1.54) is 0 Å². The van der Waals surface area contributed by atoms with Crippen LogP contribution in [-0.2, 0) is 0 Å². The summed E-state index contributed by atoms with van der Waals surface area (Å²) in [6.07, 6.45) is 0.859. The lowest BCUT2D eigenvalue weighted by Crippen LogP contribution is -2.37. The Bertz CT molecular complexity index is 484. The third-order valence-electron chi connectivity index (χ3n) is 2.75. The van der Waals surface area contributed by atoms with Crippen LogP contribution in [0.1, 0.15) is 37.6 Å². The number of nitrogens with one attached hydrogen (secondary N) is 1. The topological polar surface area (TPSA) is 73.6 Å². The van der Waals surface area contributed by atoms with Gasteiger partial charge in [0.2, 0.25) is 0 Å². The average molecular weight is 351 g/mol. The number of nitrogens with two attached hydrogens (primary N) is 1. The Morgan fingerprint density at radius 2 is 2.05 bits per heavy atom. The van der Waals surface area contributed by atoms with Crippen LogP contribution in [0.5, 0.6) is 11.5 Å². The molecule has 1 amide bonds. The fraction of sp³-hybridized carbons (Fsp3) is 0.533. The van der Waals surface area contributed by atoms with Crippen molar-refractivity contribution in [3.63, 3.8) is 0 Å². The second-order valence-corrected chi connectivity index (χ2v) is 5.08. The van der Waals surface area contributed by atoms with Gasteiger partial charge in [0, 0.05) is 18.2 Å². The van der Waals surface area contributed by atoms with E-state index in [1.54, 1.807) is 12.1 Å². The van der Waals surface area contributed by atoms with Crippen molar-refractivity contribution >= 4 is 29.9 Å². The number of carbonyl (C=O) groups excluding carboxylic acids is 1. The highest BCUT2D eigenvalue weighted by Gasteiger charge is 2.17. The van der Waals surface area contributed by atoms with Crippen molar-refractivity contribution < 1.29 is 14.3 Å². The molecule has 126 valence electrons. The molecule has 7 heteroatoms. The lowest BCUT2D eigenvalue weighted by atomic mass is 10.1. The third kappa shape index (κ3) is 5.91. The van der Waals surface area contributed by atoms with Gasteiger partial charge in [-0.3, -0.25) is 4.79 Å². The minimum Gasteiger partial charge on any atom is -0.490 e. The zero-order valence-electron chi connectivity index (χ0n) is 13.1. The second-order valence-electron chi connectivity index (χ2n) is 4.68. The van der Waals surface area contributed by atoms with Crippen LogP contribution in [0.4, 0.5) is 0 Å². The molecule has 0 bridgehead atoms. The first-order valence-electron chi connectivity index (χ1n) is 7.13. The minimum absolute atomic E-state index is 0. The molecule has 1 aromatic rings. The van der Waals surface area contributed by atoms with E-state index < -0.39 is 0 Å². The van der Waals surface area contributed by atoms with E-state index in [4.69, 9.17) is 26.8 Å². The van der Waals surface area contributed by atoms with Gasteiger partial charge in [-0.05, 0) is 32.4 Å². The van der Waals surface area contributed by atoms with E-state index in [2.05, 4.69) is 5.32 Å². The molecule has 0 aliphatic rings. The maximum atomic E-state index is 12.1. The van der Waals surface area contributed by atoms with Crippen molar-refractivity contribution in [1.29, 1.82) is 0 Å². The van der Waals surface area contributed by atoms with Crippen LogP contribution in [-0.4, -0.2) is 31.7 Å². The van der Waals surface area contributed by atoms with Gasteiger partial charge in [-0.25, -0.2) is 0 Å². The highest BCUT2D eigenvalue weighted by atomic mass is 35.5. The van der Waals surface area contributed by atoms with E-state index >= 15 is 0 Å². The number of benzene rings is 1. The molecule has 0 spiro atoms. The molecule has 0 aliphatic carbocycles. The van der Waals surface area contributed by atoms with E-state index in [-0.39, 0.29) is 24.4 Å². The molecule has 1 rings (SSSR count). The Morgan fingerprint density at radius 3 is 2.59 bits per heavy atom. The second kappa shape index (κ2) is 10.5. The van der Waals surface area contributed by atoms with Crippen molar-refractivity contribution in [2.45, 2.75) is 33.2 Å². The van der Waals surface area contributed by atoms with Gasteiger partial charge < -0.3 is 20.5 Å². The zero-order valence-corrected chi connectivity index (χ0v) is 14.7. The van der Waals surface area contributed by atoms with Crippen molar-refractivity contribution in [2.24, 2.45) is 5.73 Å². The van der Waals surface area contributed by atoms with Crippen LogP contribution in [0.15, 0.2) is 12.1 Å². The van der Waals surface area contributed by atoms with Crippen LogP contribution in [0, 0.1) is 0 Å². The molecule has 3 N–H and O–H groups in total. The molecule has 22 heavy (non-hydrogen) atoms. The first-order chi connectivity index (χ1) is 10.0.